The van der Waals surface area contributed by atoms with E-state index < -0.39 is 0 Å². The summed E-state index contributed by atoms with van der Waals surface area (Å²) >= 11 is 2.17. The Morgan fingerprint density at radius 2 is 1.90 bits per heavy atom. The fourth-order valence-corrected chi connectivity index (χ4v) is 3.10. The van der Waals surface area contributed by atoms with Crippen LogP contribution in [0.5, 0.6) is 0 Å². The minimum atomic E-state index is 0.872. The average Bonchev–Trinajstić information content (AvgIpc) is 1.89. The van der Waals surface area contributed by atoms with Gasteiger partial charge in [0.2, 0.25) is 0 Å². The summed E-state index contributed by atoms with van der Waals surface area (Å²) in [4.78, 5) is 0. The van der Waals surface area contributed by atoms with E-state index in [-0.39, 0.29) is 0 Å². The largest absolute Gasteiger partial charge is 0.313 e. The molecule has 0 unspecified atom stereocenters. The molecule has 0 aromatic heterocycles. The van der Waals surface area contributed by atoms with Gasteiger partial charge in [-0.05, 0) is 25.7 Å². The van der Waals surface area contributed by atoms with Gasteiger partial charge in [0.15, 0.2) is 0 Å². The van der Waals surface area contributed by atoms with Crippen molar-refractivity contribution >= 4 is 11.8 Å². The highest BCUT2D eigenvalue weighted by molar-refractivity contribution is 7.99. The zero-order valence-corrected chi connectivity index (χ0v) is 7.12. The van der Waals surface area contributed by atoms with E-state index in [9.17, 15) is 0 Å². The van der Waals surface area contributed by atoms with Crippen LogP contribution in [0, 0.1) is 0 Å². The summed E-state index contributed by atoms with van der Waals surface area (Å²) < 4.78 is 0. The highest BCUT2D eigenvalue weighted by atomic mass is 32.2. The minimum Gasteiger partial charge on any atom is -0.313 e. The lowest BCUT2D eigenvalue weighted by Crippen LogP contribution is -2.38. The van der Waals surface area contributed by atoms with Crippen LogP contribution in [0.15, 0.2) is 0 Å². The summed E-state index contributed by atoms with van der Waals surface area (Å²) in [6.45, 7) is 1.24. The number of rotatable bonds is 0. The molecule has 0 spiro atoms. The van der Waals surface area contributed by atoms with Crippen molar-refractivity contribution in [2.24, 2.45) is 0 Å². The summed E-state index contributed by atoms with van der Waals surface area (Å²) in [5.41, 5.74) is 0. The Balaban J connectivity index is 1.94. The Labute approximate surface area is 67.0 Å². The van der Waals surface area contributed by atoms with E-state index in [0.29, 0.717) is 0 Å². The van der Waals surface area contributed by atoms with Crippen molar-refractivity contribution in [1.82, 2.24) is 5.32 Å². The van der Waals surface area contributed by atoms with Crippen molar-refractivity contribution in [2.45, 2.75) is 37.0 Å². The number of hydrogen-bond donors (Lipinski definition) is 1. The minimum absolute atomic E-state index is 0.872. The quantitative estimate of drug-likeness (QED) is 0.573. The molecule has 3 rings (SSSR count). The third-order valence-electron chi connectivity index (χ3n) is 2.56. The second-order valence-electron chi connectivity index (χ2n) is 3.30. The van der Waals surface area contributed by atoms with E-state index in [1.807, 2.05) is 0 Å². The monoisotopic (exact) mass is 157 g/mol. The Hall–Kier alpha value is 0.310. The van der Waals surface area contributed by atoms with Gasteiger partial charge in [0.1, 0.15) is 0 Å². The number of thioether (sulfide) groups is 1. The van der Waals surface area contributed by atoms with E-state index in [2.05, 4.69) is 17.1 Å². The molecule has 0 radical (unpaired) electrons. The third-order valence-corrected chi connectivity index (χ3v) is 3.95. The van der Waals surface area contributed by atoms with Crippen LogP contribution in [0.25, 0.3) is 0 Å². The maximum atomic E-state index is 3.59. The number of fused-ring (bicyclic) bond motifs is 5. The molecule has 1 N–H and O–H groups in total. The molecular formula is C8H15NS. The van der Waals surface area contributed by atoms with E-state index in [0.717, 1.165) is 11.3 Å². The smallest absolute Gasteiger partial charge is 0.00681 e. The zero-order chi connectivity index (χ0) is 6.81. The zero-order valence-electron chi connectivity index (χ0n) is 6.31. The van der Waals surface area contributed by atoms with Gasteiger partial charge in [-0.2, -0.15) is 11.8 Å². The number of nitrogens with one attached hydrogen (secondary N) is 1. The van der Waals surface area contributed by atoms with Crippen molar-refractivity contribution < 1.29 is 0 Å². The Bertz CT molecular complexity index is 88.3. The van der Waals surface area contributed by atoms with Crippen LogP contribution in [0.4, 0.5) is 0 Å². The Morgan fingerprint density at radius 1 is 1.10 bits per heavy atom. The Kier molecular flexibility index (Phi) is 2.19. The second kappa shape index (κ2) is 3.14. The molecule has 0 aromatic rings. The maximum absolute atomic E-state index is 3.59. The van der Waals surface area contributed by atoms with Gasteiger partial charge in [-0.3, -0.25) is 0 Å². The highest BCUT2D eigenvalue weighted by Gasteiger charge is 2.22. The summed E-state index contributed by atoms with van der Waals surface area (Å²) in [6, 6.07) is 0.872. The number of hydrogen-bond acceptors (Lipinski definition) is 2. The van der Waals surface area contributed by atoms with Crippen LogP contribution in [-0.4, -0.2) is 23.6 Å². The Morgan fingerprint density at radius 3 is 2.70 bits per heavy atom. The van der Waals surface area contributed by atoms with Crippen molar-refractivity contribution in [1.29, 1.82) is 0 Å². The van der Waals surface area contributed by atoms with Gasteiger partial charge in [-0.15, -0.1) is 0 Å². The van der Waals surface area contributed by atoms with Gasteiger partial charge in [-0.25, -0.2) is 0 Å². The van der Waals surface area contributed by atoms with Gasteiger partial charge >= 0.3 is 0 Å². The standard InChI is InChI=1S/C8H15NS/c1-3-8-4-2-7(1)9-5-6-10-8/h7-9H,1-6H2. The van der Waals surface area contributed by atoms with Gasteiger partial charge in [0.25, 0.3) is 0 Å². The third kappa shape index (κ3) is 1.48. The van der Waals surface area contributed by atoms with Crippen molar-refractivity contribution in [3.63, 3.8) is 0 Å². The van der Waals surface area contributed by atoms with Gasteiger partial charge in [0, 0.05) is 23.6 Å². The second-order valence-corrected chi connectivity index (χ2v) is 4.71. The van der Waals surface area contributed by atoms with E-state index in [1.165, 1.54) is 38.0 Å². The van der Waals surface area contributed by atoms with Crippen LogP contribution >= 0.6 is 11.8 Å². The molecule has 2 bridgehead atoms. The van der Waals surface area contributed by atoms with E-state index in [4.69, 9.17) is 0 Å². The fraction of sp³-hybridized carbons (Fsp3) is 1.00. The molecule has 2 heteroatoms. The molecule has 0 atom stereocenters. The van der Waals surface area contributed by atoms with Gasteiger partial charge in [0.05, 0.1) is 0 Å². The first-order valence-corrected chi connectivity index (χ1v) is 5.35. The molecule has 3 fully saturated rings. The van der Waals surface area contributed by atoms with Crippen molar-refractivity contribution in [3.8, 4) is 0 Å². The highest BCUT2D eigenvalue weighted by Crippen LogP contribution is 2.29. The first-order chi connectivity index (χ1) is 4.95. The lowest BCUT2D eigenvalue weighted by Gasteiger charge is -2.32. The van der Waals surface area contributed by atoms with Gasteiger partial charge in [-0.1, -0.05) is 0 Å². The summed E-state index contributed by atoms with van der Waals surface area (Å²) in [5, 5.41) is 4.60. The molecular weight excluding hydrogens is 142 g/mol. The first-order valence-electron chi connectivity index (χ1n) is 4.30. The van der Waals surface area contributed by atoms with Gasteiger partial charge < -0.3 is 5.32 Å². The molecule has 2 heterocycles. The van der Waals surface area contributed by atoms with E-state index >= 15 is 0 Å². The summed E-state index contributed by atoms with van der Waals surface area (Å²) in [6.07, 6.45) is 5.78. The molecule has 10 heavy (non-hydrogen) atoms. The van der Waals surface area contributed by atoms with Crippen LogP contribution in [-0.2, 0) is 0 Å². The normalized spacial score (nSPS) is 40.8. The molecule has 1 aliphatic carbocycles. The first kappa shape index (κ1) is 6.99. The topological polar surface area (TPSA) is 12.0 Å². The predicted octanol–water partition coefficient (Wildman–Crippen LogP) is 1.63. The molecule has 2 saturated heterocycles. The van der Waals surface area contributed by atoms with Crippen LogP contribution in [0.1, 0.15) is 25.7 Å². The lowest BCUT2D eigenvalue weighted by atomic mass is 9.95. The maximum Gasteiger partial charge on any atom is 0.00681 e. The average molecular weight is 157 g/mol. The molecule has 1 saturated carbocycles. The van der Waals surface area contributed by atoms with Crippen molar-refractivity contribution in [3.05, 3.63) is 0 Å². The molecule has 0 aromatic carbocycles. The van der Waals surface area contributed by atoms with Crippen LogP contribution in [0.3, 0.4) is 0 Å². The van der Waals surface area contributed by atoms with Crippen LogP contribution in [0.2, 0.25) is 0 Å². The molecule has 3 aliphatic rings. The lowest BCUT2D eigenvalue weighted by molar-refractivity contribution is 0.380. The predicted molar refractivity (Wildman–Crippen MR) is 46.5 cm³/mol. The van der Waals surface area contributed by atoms with Crippen LogP contribution < -0.4 is 5.32 Å². The molecule has 0 amide bonds. The summed E-state index contributed by atoms with van der Waals surface area (Å²) in [7, 11) is 0. The molecule has 2 aliphatic heterocycles. The van der Waals surface area contributed by atoms with Crippen molar-refractivity contribution in [2.75, 3.05) is 12.3 Å². The summed E-state index contributed by atoms with van der Waals surface area (Å²) in [5.74, 6) is 1.33. The molecule has 1 nitrogen and oxygen atoms in total. The molecule has 58 valence electrons. The SMILES string of the molecule is C1CSC2CCC(CC2)N1. The van der Waals surface area contributed by atoms with E-state index in [1.54, 1.807) is 0 Å². The fourth-order valence-electron chi connectivity index (χ4n) is 1.92.